The molecule has 1 aromatic heterocycles. The zero-order chi connectivity index (χ0) is 12.2. The minimum Gasteiger partial charge on any atom is -0.338 e. The summed E-state index contributed by atoms with van der Waals surface area (Å²) in [7, 11) is 0. The maximum atomic E-state index is 5.35. The Bertz CT molecular complexity index is 489. The van der Waals surface area contributed by atoms with Crippen LogP contribution >= 0.6 is 0 Å². The minimum absolute atomic E-state index is 0.246. The van der Waals surface area contributed by atoms with E-state index in [4.69, 9.17) is 4.52 Å². The fourth-order valence-electron chi connectivity index (χ4n) is 2.32. The molecule has 0 bridgehead atoms. The van der Waals surface area contributed by atoms with Crippen molar-refractivity contribution in [3.05, 3.63) is 47.6 Å². The van der Waals surface area contributed by atoms with Crippen molar-refractivity contribution in [2.45, 2.75) is 31.7 Å². The van der Waals surface area contributed by atoms with Gasteiger partial charge in [-0.3, -0.25) is 0 Å². The van der Waals surface area contributed by atoms with Crippen LogP contribution in [0.4, 0.5) is 0 Å². The molecule has 3 rings (SSSR count). The highest BCUT2D eigenvalue weighted by Gasteiger charge is 2.20. The van der Waals surface area contributed by atoms with E-state index in [1.54, 1.807) is 0 Å². The molecule has 1 unspecified atom stereocenters. The Balaban J connectivity index is 1.69. The molecular weight excluding hydrogens is 226 g/mol. The van der Waals surface area contributed by atoms with Gasteiger partial charge >= 0.3 is 0 Å². The fraction of sp³-hybridized carbons (Fsp3) is 0.429. The third-order valence-corrected chi connectivity index (χ3v) is 3.30. The number of nitrogens with zero attached hydrogens (tertiary/aromatic N) is 2. The van der Waals surface area contributed by atoms with Crippen molar-refractivity contribution in [1.29, 1.82) is 0 Å². The number of nitrogens with one attached hydrogen (secondary N) is 1. The highest BCUT2D eigenvalue weighted by Crippen LogP contribution is 2.21. The Morgan fingerprint density at radius 3 is 2.89 bits per heavy atom. The molecule has 2 aromatic rings. The molecule has 0 spiro atoms. The van der Waals surface area contributed by atoms with E-state index in [1.165, 1.54) is 18.4 Å². The monoisotopic (exact) mass is 243 g/mol. The Kier molecular flexibility index (Phi) is 3.37. The first-order chi connectivity index (χ1) is 8.92. The van der Waals surface area contributed by atoms with Gasteiger partial charge in [0.1, 0.15) is 0 Å². The highest BCUT2D eigenvalue weighted by atomic mass is 16.5. The van der Waals surface area contributed by atoms with Crippen molar-refractivity contribution in [3.63, 3.8) is 0 Å². The molecular formula is C14H17N3O. The summed E-state index contributed by atoms with van der Waals surface area (Å²) in [4.78, 5) is 4.49. The largest absolute Gasteiger partial charge is 0.338 e. The second-order valence-corrected chi connectivity index (χ2v) is 4.71. The molecule has 1 aliphatic heterocycles. The highest BCUT2D eigenvalue weighted by molar-refractivity contribution is 5.18. The lowest BCUT2D eigenvalue weighted by atomic mass is 10.1. The number of hydrogen-bond acceptors (Lipinski definition) is 4. The van der Waals surface area contributed by atoms with Gasteiger partial charge < -0.3 is 9.84 Å². The number of piperidine rings is 1. The van der Waals surface area contributed by atoms with Gasteiger partial charge in [0.15, 0.2) is 5.82 Å². The van der Waals surface area contributed by atoms with Crippen molar-refractivity contribution >= 4 is 0 Å². The van der Waals surface area contributed by atoms with Gasteiger partial charge in [0, 0.05) is 6.42 Å². The first-order valence-electron chi connectivity index (χ1n) is 6.51. The standard InChI is InChI=1S/C14H17N3O/c1-2-6-11(7-3-1)10-13-16-14(18-17-13)12-8-4-5-9-15-12/h1-3,6-7,12,15H,4-5,8-10H2. The maximum Gasteiger partial charge on any atom is 0.243 e. The van der Waals surface area contributed by atoms with Gasteiger partial charge in [0.25, 0.3) is 0 Å². The third kappa shape index (κ3) is 2.59. The van der Waals surface area contributed by atoms with Crippen molar-refractivity contribution in [2.75, 3.05) is 6.54 Å². The number of rotatable bonds is 3. The Morgan fingerprint density at radius 2 is 2.11 bits per heavy atom. The second-order valence-electron chi connectivity index (χ2n) is 4.71. The van der Waals surface area contributed by atoms with Crippen LogP contribution in [0.3, 0.4) is 0 Å². The Labute approximate surface area is 106 Å². The van der Waals surface area contributed by atoms with Crippen LogP contribution in [-0.4, -0.2) is 16.7 Å². The molecule has 1 atom stereocenters. The van der Waals surface area contributed by atoms with E-state index in [9.17, 15) is 0 Å². The number of benzene rings is 1. The van der Waals surface area contributed by atoms with Crippen molar-refractivity contribution in [3.8, 4) is 0 Å². The lowest BCUT2D eigenvalue weighted by Crippen LogP contribution is -2.27. The van der Waals surface area contributed by atoms with Crippen LogP contribution in [0.5, 0.6) is 0 Å². The molecule has 94 valence electrons. The van der Waals surface area contributed by atoms with Crippen molar-refractivity contribution in [2.24, 2.45) is 0 Å². The number of aromatic nitrogens is 2. The van der Waals surface area contributed by atoms with Crippen LogP contribution in [0.15, 0.2) is 34.9 Å². The Hall–Kier alpha value is -1.68. The van der Waals surface area contributed by atoms with Crippen LogP contribution in [0.25, 0.3) is 0 Å². The van der Waals surface area contributed by atoms with E-state index in [0.717, 1.165) is 31.1 Å². The lowest BCUT2D eigenvalue weighted by molar-refractivity contribution is 0.296. The van der Waals surface area contributed by atoms with Crippen LogP contribution in [0, 0.1) is 0 Å². The first kappa shape index (κ1) is 11.4. The third-order valence-electron chi connectivity index (χ3n) is 3.30. The van der Waals surface area contributed by atoms with Crippen molar-refractivity contribution in [1.82, 2.24) is 15.5 Å². The van der Waals surface area contributed by atoms with E-state index in [-0.39, 0.29) is 6.04 Å². The molecule has 0 saturated carbocycles. The molecule has 1 saturated heterocycles. The van der Waals surface area contributed by atoms with Crippen LogP contribution < -0.4 is 5.32 Å². The smallest absolute Gasteiger partial charge is 0.243 e. The molecule has 4 nitrogen and oxygen atoms in total. The summed E-state index contributed by atoms with van der Waals surface area (Å²) >= 11 is 0. The van der Waals surface area contributed by atoms with Gasteiger partial charge in [-0.25, -0.2) is 0 Å². The normalized spacial score (nSPS) is 19.9. The molecule has 1 fully saturated rings. The van der Waals surface area contributed by atoms with E-state index in [2.05, 4.69) is 27.6 Å². The first-order valence-corrected chi connectivity index (χ1v) is 6.51. The van der Waals surface area contributed by atoms with Crippen LogP contribution in [-0.2, 0) is 6.42 Å². The molecule has 0 aliphatic carbocycles. The molecule has 0 radical (unpaired) electrons. The second kappa shape index (κ2) is 5.31. The van der Waals surface area contributed by atoms with Crippen molar-refractivity contribution < 1.29 is 4.52 Å². The van der Waals surface area contributed by atoms with Crippen LogP contribution in [0.1, 0.15) is 42.6 Å². The Morgan fingerprint density at radius 1 is 1.22 bits per heavy atom. The quantitative estimate of drug-likeness (QED) is 0.899. The fourth-order valence-corrected chi connectivity index (χ4v) is 2.32. The van der Waals surface area contributed by atoms with E-state index in [0.29, 0.717) is 0 Å². The number of hydrogen-bond donors (Lipinski definition) is 1. The predicted octanol–water partition coefficient (Wildman–Crippen LogP) is 2.48. The van der Waals surface area contributed by atoms with Gasteiger partial charge in [-0.2, -0.15) is 4.98 Å². The molecule has 2 heterocycles. The van der Waals surface area contributed by atoms with E-state index >= 15 is 0 Å². The topological polar surface area (TPSA) is 51.0 Å². The predicted molar refractivity (Wildman–Crippen MR) is 68.1 cm³/mol. The lowest BCUT2D eigenvalue weighted by Gasteiger charge is -2.19. The average molecular weight is 243 g/mol. The summed E-state index contributed by atoms with van der Waals surface area (Å²) < 4.78 is 5.35. The summed E-state index contributed by atoms with van der Waals surface area (Å²) in [5.41, 5.74) is 1.21. The minimum atomic E-state index is 0.246. The summed E-state index contributed by atoms with van der Waals surface area (Å²) in [6, 6.07) is 10.5. The van der Waals surface area contributed by atoms with Gasteiger partial charge in [-0.15, -0.1) is 0 Å². The molecule has 4 heteroatoms. The summed E-state index contributed by atoms with van der Waals surface area (Å²) in [6.45, 7) is 1.04. The van der Waals surface area contributed by atoms with Crippen LogP contribution in [0.2, 0.25) is 0 Å². The van der Waals surface area contributed by atoms with Gasteiger partial charge in [0.2, 0.25) is 5.89 Å². The van der Waals surface area contributed by atoms with E-state index in [1.807, 2.05) is 18.2 Å². The van der Waals surface area contributed by atoms with Gasteiger partial charge in [-0.05, 0) is 24.9 Å². The zero-order valence-electron chi connectivity index (χ0n) is 10.3. The molecule has 18 heavy (non-hydrogen) atoms. The average Bonchev–Trinajstić information content (AvgIpc) is 2.89. The molecule has 1 aliphatic rings. The molecule has 1 aromatic carbocycles. The summed E-state index contributed by atoms with van der Waals surface area (Å²) in [6.07, 6.45) is 4.29. The summed E-state index contributed by atoms with van der Waals surface area (Å²) in [5.74, 6) is 1.50. The molecule has 0 amide bonds. The zero-order valence-corrected chi connectivity index (χ0v) is 10.3. The van der Waals surface area contributed by atoms with E-state index < -0.39 is 0 Å². The maximum absolute atomic E-state index is 5.35. The van der Waals surface area contributed by atoms with Gasteiger partial charge in [0.05, 0.1) is 6.04 Å². The van der Waals surface area contributed by atoms with Gasteiger partial charge in [-0.1, -0.05) is 41.9 Å². The SMILES string of the molecule is c1ccc(Cc2noc(C3CCCCN3)n2)cc1. The summed E-state index contributed by atoms with van der Waals surface area (Å²) in [5, 5.41) is 7.48. The molecule has 1 N–H and O–H groups in total.